The van der Waals surface area contributed by atoms with Crippen molar-refractivity contribution in [1.29, 1.82) is 0 Å². The van der Waals surface area contributed by atoms with E-state index in [0.29, 0.717) is 5.92 Å². The van der Waals surface area contributed by atoms with Crippen LogP contribution in [-0.2, 0) is 17.3 Å². The second-order valence-electron chi connectivity index (χ2n) is 14.4. The van der Waals surface area contributed by atoms with Crippen LogP contribution in [0.3, 0.4) is 0 Å². The molecule has 0 N–H and O–H groups in total. The number of benzene rings is 4. The van der Waals surface area contributed by atoms with E-state index in [0.717, 1.165) is 6.42 Å². The fraction of sp³-hybridized carbons (Fsp3) is 0.333. The third kappa shape index (κ3) is 5.22. The van der Waals surface area contributed by atoms with Gasteiger partial charge < -0.3 is 0 Å². The summed E-state index contributed by atoms with van der Waals surface area (Å²) in [5.74, 6) is 0.293. The minimum Gasteiger partial charge on any atom is -0.0729 e. The van der Waals surface area contributed by atoms with Crippen LogP contribution < -0.4 is 0 Å². The van der Waals surface area contributed by atoms with Gasteiger partial charge in [-0.25, -0.2) is 0 Å². The molecule has 0 saturated heterocycles. The number of hydrogen-bond acceptors (Lipinski definition) is 0. The zero-order valence-electron chi connectivity index (χ0n) is 26.6. The maximum atomic E-state index is 2.57. The lowest BCUT2D eigenvalue weighted by molar-refractivity contribution is 0.584. The molecule has 0 nitrogen and oxygen atoms in total. The normalized spacial score (nSPS) is 16.0. The molecule has 6 rings (SSSR count). The maximum Gasteiger partial charge on any atom is 0.0217 e. The van der Waals surface area contributed by atoms with Gasteiger partial charge >= 0.3 is 0 Å². The van der Waals surface area contributed by atoms with E-state index in [2.05, 4.69) is 146 Å². The van der Waals surface area contributed by atoms with E-state index < -0.39 is 0 Å². The Morgan fingerprint density at radius 3 is 1.90 bits per heavy atom. The van der Waals surface area contributed by atoms with Crippen LogP contribution in [0.2, 0.25) is 0 Å². The molecule has 0 aromatic heterocycles. The summed E-state index contributed by atoms with van der Waals surface area (Å²) in [6, 6.07) is 29.7. The Bertz CT molecular complexity index is 1660. The number of hydrogen-bond donors (Lipinski definition) is 0. The Hall–Kier alpha value is -3.64. The lowest BCUT2D eigenvalue weighted by atomic mass is 9.72. The molecule has 214 valence electrons. The highest BCUT2D eigenvalue weighted by atomic mass is 14.4. The summed E-state index contributed by atoms with van der Waals surface area (Å²) in [4.78, 5) is 0. The summed E-state index contributed by atoms with van der Waals surface area (Å²) in [5, 5.41) is 0. The van der Waals surface area contributed by atoms with Crippen LogP contribution in [0.4, 0.5) is 0 Å². The predicted octanol–water partition coefficient (Wildman–Crippen LogP) is 12.0. The topological polar surface area (TPSA) is 0 Å². The van der Waals surface area contributed by atoms with Crippen LogP contribution in [0.15, 0.2) is 103 Å². The smallest absolute Gasteiger partial charge is 0.0217 e. The second-order valence-corrected chi connectivity index (χ2v) is 14.4. The van der Waals surface area contributed by atoms with Gasteiger partial charge in [0.15, 0.2) is 0 Å². The Balaban J connectivity index is 1.66. The number of rotatable bonds is 6. The minimum atomic E-state index is -0.0109. The Labute approximate surface area is 254 Å². The highest BCUT2D eigenvalue weighted by Crippen LogP contribution is 2.52. The number of fused-ring (bicyclic) bond motifs is 3. The third-order valence-electron chi connectivity index (χ3n) is 9.13. The molecule has 0 amide bonds. The van der Waals surface area contributed by atoms with Crippen molar-refractivity contribution < 1.29 is 0 Å². The largest absolute Gasteiger partial charge is 0.0729 e. The predicted molar refractivity (Wildman–Crippen MR) is 182 cm³/mol. The summed E-state index contributed by atoms with van der Waals surface area (Å²) in [7, 11) is 0. The molecule has 1 unspecified atom stereocenters. The number of unbranched alkanes of at least 4 members (excludes halogenated alkanes) is 1. The van der Waals surface area contributed by atoms with Crippen molar-refractivity contribution in [3.05, 3.63) is 130 Å². The van der Waals surface area contributed by atoms with Gasteiger partial charge in [0.25, 0.3) is 0 Å². The summed E-state index contributed by atoms with van der Waals surface area (Å²) >= 11 is 0. The van der Waals surface area contributed by atoms with Gasteiger partial charge in [-0.1, -0.05) is 139 Å². The summed E-state index contributed by atoms with van der Waals surface area (Å²) in [6.07, 6.45) is 12.1. The van der Waals surface area contributed by atoms with E-state index in [9.17, 15) is 0 Å². The van der Waals surface area contributed by atoms with Crippen LogP contribution in [0.1, 0.15) is 101 Å². The molecule has 0 heteroatoms. The van der Waals surface area contributed by atoms with Crippen molar-refractivity contribution in [2.45, 2.75) is 90.9 Å². The average Bonchev–Trinajstić information content (AvgIpc) is 3.58. The first-order chi connectivity index (χ1) is 20.1. The molecule has 2 aliphatic rings. The quantitative estimate of drug-likeness (QED) is 0.197. The molecule has 0 saturated carbocycles. The summed E-state index contributed by atoms with van der Waals surface area (Å²) in [5.41, 5.74) is 17.2. The van der Waals surface area contributed by atoms with E-state index in [1.165, 1.54) is 86.0 Å². The minimum absolute atomic E-state index is 0.0109. The zero-order chi connectivity index (χ0) is 29.6. The van der Waals surface area contributed by atoms with Gasteiger partial charge in [-0.3, -0.25) is 0 Å². The highest BCUT2D eigenvalue weighted by molar-refractivity contribution is 5.89. The van der Waals surface area contributed by atoms with Crippen LogP contribution in [0.25, 0.3) is 33.4 Å². The standard InChI is InChI=1S/C42H46/c1-8-9-16-28-21-22-31(23-28)39-38-33(26-36(40(39)42(5,6)7)30-19-14-11-15-20-30)24-32-25-34(29-17-12-10-13-18-29)37(27-35(32)38)41(2,3)4/h10-15,17-23,25-27,31H,8-9,16,24H2,1-7H3. The lowest BCUT2D eigenvalue weighted by Crippen LogP contribution is -2.18. The molecular weight excluding hydrogens is 504 g/mol. The van der Waals surface area contributed by atoms with Crippen molar-refractivity contribution in [2.75, 3.05) is 0 Å². The monoisotopic (exact) mass is 550 g/mol. The Morgan fingerprint density at radius 1 is 0.690 bits per heavy atom. The first kappa shape index (κ1) is 28.5. The molecule has 0 bridgehead atoms. The van der Waals surface area contributed by atoms with Gasteiger partial charge in [0, 0.05) is 5.92 Å². The molecule has 0 aliphatic heterocycles. The Morgan fingerprint density at radius 2 is 1.31 bits per heavy atom. The summed E-state index contributed by atoms with van der Waals surface area (Å²) in [6.45, 7) is 16.6. The van der Waals surface area contributed by atoms with Gasteiger partial charge in [0.05, 0.1) is 0 Å². The lowest BCUT2D eigenvalue weighted by Gasteiger charge is -2.31. The molecule has 42 heavy (non-hydrogen) atoms. The molecule has 4 aromatic rings. The van der Waals surface area contributed by atoms with E-state index in [-0.39, 0.29) is 10.8 Å². The molecule has 0 spiro atoms. The molecule has 2 aliphatic carbocycles. The fourth-order valence-electron chi connectivity index (χ4n) is 7.21. The van der Waals surface area contributed by atoms with Crippen molar-refractivity contribution >= 4 is 0 Å². The summed E-state index contributed by atoms with van der Waals surface area (Å²) < 4.78 is 0. The third-order valence-corrected chi connectivity index (χ3v) is 9.13. The number of allylic oxidation sites excluding steroid dienone is 4. The molecule has 4 aromatic carbocycles. The zero-order valence-corrected chi connectivity index (χ0v) is 26.6. The van der Waals surface area contributed by atoms with Crippen molar-refractivity contribution in [3.63, 3.8) is 0 Å². The molecular formula is C42H46. The van der Waals surface area contributed by atoms with Crippen molar-refractivity contribution in [1.82, 2.24) is 0 Å². The van der Waals surface area contributed by atoms with E-state index in [1.54, 1.807) is 0 Å². The van der Waals surface area contributed by atoms with Gasteiger partial charge in [-0.2, -0.15) is 0 Å². The van der Waals surface area contributed by atoms with Gasteiger partial charge in [-0.15, -0.1) is 0 Å². The van der Waals surface area contributed by atoms with Crippen LogP contribution >= 0.6 is 0 Å². The molecule has 0 heterocycles. The Kier molecular flexibility index (Phi) is 7.38. The second kappa shape index (κ2) is 10.9. The fourth-order valence-corrected chi connectivity index (χ4v) is 7.21. The van der Waals surface area contributed by atoms with E-state index in [4.69, 9.17) is 0 Å². The van der Waals surface area contributed by atoms with E-state index >= 15 is 0 Å². The maximum absolute atomic E-state index is 2.57. The van der Waals surface area contributed by atoms with Crippen LogP contribution in [-0.4, -0.2) is 0 Å². The molecule has 1 atom stereocenters. The first-order valence-electron chi connectivity index (χ1n) is 15.9. The molecule has 0 fully saturated rings. The van der Waals surface area contributed by atoms with Crippen molar-refractivity contribution in [2.24, 2.45) is 0 Å². The van der Waals surface area contributed by atoms with Crippen LogP contribution in [0.5, 0.6) is 0 Å². The molecule has 0 radical (unpaired) electrons. The van der Waals surface area contributed by atoms with Gasteiger partial charge in [0.1, 0.15) is 0 Å². The highest BCUT2D eigenvalue weighted by Gasteiger charge is 2.35. The van der Waals surface area contributed by atoms with Gasteiger partial charge in [-0.05, 0) is 109 Å². The SMILES string of the molecule is CCCCC1=CC(c2c3c(cc(-c4ccccc4)c2C(C)(C)C)Cc2cc(-c4ccccc4)c(C(C)(C)C)cc2-3)C=C1. The van der Waals surface area contributed by atoms with Crippen LogP contribution in [0, 0.1) is 0 Å². The van der Waals surface area contributed by atoms with Crippen molar-refractivity contribution in [3.8, 4) is 33.4 Å². The van der Waals surface area contributed by atoms with Gasteiger partial charge in [0.2, 0.25) is 0 Å². The van der Waals surface area contributed by atoms with E-state index in [1.807, 2.05) is 0 Å². The average molecular weight is 551 g/mol. The first-order valence-corrected chi connectivity index (χ1v) is 15.9.